The normalized spacial score (nSPS) is 18.0. The molecule has 1 aliphatic heterocycles. The lowest BCUT2D eigenvalue weighted by molar-refractivity contribution is -0.127. The van der Waals surface area contributed by atoms with Gasteiger partial charge in [0.25, 0.3) is 5.91 Å². The molecule has 112 valence electrons. The molecule has 2 amide bonds. The van der Waals surface area contributed by atoms with Crippen molar-refractivity contribution in [2.45, 2.75) is 12.5 Å². The number of nitrogens with zero attached hydrogens (tertiary/aromatic N) is 1. The van der Waals surface area contributed by atoms with Crippen LogP contribution in [-0.4, -0.2) is 54.2 Å². The zero-order valence-electron chi connectivity index (χ0n) is 11.4. The van der Waals surface area contributed by atoms with Crippen molar-refractivity contribution >= 4 is 23.2 Å². The van der Waals surface area contributed by atoms with Crippen LogP contribution in [-0.2, 0) is 9.53 Å². The summed E-state index contributed by atoms with van der Waals surface area (Å²) in [6.07, 6.45) is 0.352. The molecular weight excluding hydrogens is 292 g/mol. The topological polar surface area (TPSA) is 92.9 Å². The molecule has 0 aromatic carbocycles. The van der Waals surface area contributed by atoms with Crippen LogP contribution in [0.1, 0.15) is 21.7 Å². The minimum absolute atomic E-state index is 0.0202. The van der Waals surface area contributed by atoms with Crippen molar-refractivity contribution in [2.24, 2.45) is 5.73 Å². The number of hydrogen-bond acceptors (Lipinski definition) is 5. The number of rotatable bonds is 3. The second kappa shape index (κ2) is 7.22. The summed E-state index contributed by atoms with van der Waals surface area (Å²) >= 11 is 1.27. The third-order valence-corrected chi connectivity index (χ3v) is 3.94. The number of carbonyl (C=O) groups is 2. The average molecular weight is 308 g/mol. The van der Waals surface area contributed by atoms with Crippen LogP contribution in [0, 0.1) is 11.8 Å². The lowest BCUT2D eigenvalue weighted by atomic mass is 10.1. The summed E-state index contributed by atoms with van der Waals surface area (Å²) in [5.74, 6) is 4.82. The van der Waals surface area contributed by atoms with Gasteiger partial charge in [-0.2, -0.15) is 0 Å². The Hall–Kier alpha value is -1.88. The van der Waals surface area contributed by atoms with Crippen LogP contribution in [0.2, 0.25) is 0 Å². The molecule has 3 N–H and O–H groups in total. The van der Waals surface area contributed by atoms with Gasteiger partial charge in [-0.3, -0.25) is 9.59 Å². The van der Waals surface area contributed by atoms with Gasteiger partial charge in [0, 0.05) is 18.5 Å². The first kappa shape index (κ1) is 15.5. The number of ether oxygens (including phenoxy) is 1. The van der Waals surface area contributed by atoms with E-state index in [9.17, 15) is 9.59 Å². The molecule has 0 spiro atoms. The van der Waals surface area contributed by atoms with Gasteiger partial charge < -0.3 is 20.5 Å². The lowest BCUT2D eigenvalue weighted by Gasteiger charge is -2.33. The standard InChI is InChI=1S/C14H16N2O4S/c15-13(18)11-9-20-7-5-16(11)14(19)12-10(4-8-21-12)3-1-2-6-17/h4,8,11,17H,2,5-7,9H2,(H2,15,18). The van der Waals surface area contributed by atoms with Crippen molar-refractivity contribution in [1.82, 2.24) is 4.90 Å². The molecule has 0 aliphatic carbocycles. The highest BCUT2D eigenvalue weighted by Gasteiger charge is 2.33. The molecule has 0 bridgehead atoms. The Morgan fingerprint density at radius 3 is 3.10 bits per heavy atom. The van der Waals surface area contributed by atoms with Gasteiger partial charge in [-0.25, -0.2) is 0 Å². The Morgan fingerprint density at radius 2 is 2.38 bits per heavy atom. The molecule has 1 aliphatic rings. The number of nitrogens with two attached hydrogens (primary N) is 1. The summed E-state index contributed by atoms with van der Waals surface area (Å²) in [4.78, 5) is 25.9. The smallest absolute Gasteiger partial charge is 0.266 e. The molecule has 1 aromatic heterocycles. The van der Waals surface area contributed by atoms with Crippen LogP contribution in [0.25, 0.3) is 0 Å². The number of thiophene rings is 1. The minimum Gasteiger partial charge on any atom is -0.395 e. The first-order valence-corrected chi connectivity index (χ1v) is 7.38. The lowest BCUT2D eigenvalue weighted by Crippen LogP contribution is -2.54. The third-order valence-electron chi connectivity index (χ3n) is 3.04. The number of carbonyl (C=O) groups excluding carboxylic acids is 2. The summed E-state index contributed by atoms with van der Waals surface area (Å²) in [5.41, 5.74) is 5.92. The first-order chi connectivity index (χ1) is 10.1. The van der Waals surface area contributed by atoms with E-state index >= 15 is 0 Å². The average Bonchev–Trinajstić information content (AvgIpc) is 2.95. The van der Waals surface area contributed by atoms with Crippen LogP contribution in [0.3, 0.4) is 0 Å². The fraction of sp³-hybridized carbons (Fsp3) is 0.429. The van der Waals surface area contributed by atoms with E-state index in [1.807, 2.05) is 0 Å². The predicted octanol–water partition coefficient (Wildman–Crippen LogP) is -0.192. The van der Waals surface area contributed by atoms with Gasteiger partial charge in [-0.15, -0.1) is 11.3 Å². The largest absolute Gasteiger partial charge is 0.395 e. The minimum atomic E-state index is -0.744. The highest BCUT2D eigenvalue weighted by Crippen LogP contribution is 2.20. The van der Waals surface area contributed by atoms with Gasteiger partial charge in [-0.1, -0.05) is 11.8 Å². The maximum Gasteiger partial charge on any atom is 0.266 e. The monoisotopic (exact) mass is 308 g/mol. The molecule has 0 radical (unpaired) electrons. The van der Waals surface area contributed by atoms with E-state index < -0.39 is 11.9 Å². The van der Waals surface area contributed by atoms with E-state index in [0.29, 0.717) is 30.0 Å². The summed E-state index contributed by atoms with van der Waals surface area (Å²) in [6.45, 7) is 0.811. The number of amides is 2. The van der Waals surface area contributed by atoms with Crippen molar-refractivity contribution in [2.75, 3.05) is 26.4 Å². The van der Waals surface area contributed by atoms with Gasteiger partial charge in [-0.05, 0) is 11.4 Å². The number of aliphatic hydroxyl groups is 1. The second-order valence-electron chi connectivity index (χ2n) is 4.43. The van der Waals surface area contributed by atoms with Crippen molar-refractivity contribution in [3.05, 3.63) is 21.9 Å². The predicted molar refractivity (Wildman–Crippen MR) is 77.7 cm³/mol. The Morgan fingerprint density at radius 1 is 1.57 bits per heavy atom. The van der Waals surface area contributed by atoms with Crippen LogP contribution < -0.4 is 5.73 Å². The summed E-state index contributed by atoms with van der Waals surface area (Å²) in [5, 5.41) is 10.5. The molecule has 21 heavy (non-hydrogen) atoms. The molecule has 0 saturated carbocycles. The molecule has 1 aromatic rings. The van der Waals surface area contributed by atoms with Crippen molar-refractivity contribution in [3.63, 3.8) is 0 Å². The summed E-state index contributed by atoms with van der Waals surface area (Å²) < 4.78 is 5.20. The molecule has 2 rings (SSSR count). The number of primary amides is 1. The molecule has 1 fully saturated rings. The Kier molecular flexibility index (Phi) is 5.33. The summed E-state index contributed by atoms with van der Waals surface area (Å²) in [6, 6.07) is 1.01. The van der Waals surface area contributed by atoms with E-state index in [0.717, 1.165) is 0 Å². The van der Waals surface area contributed by atoms with Crippen molar-refractivity contribution in [3.8, 4) is 11.8 Å². The zero-order valence-corrected chi connectivity index (χ0v) is 12.2. The Labute approximate surface area is 126 Å². The first-order valence-electron chi connectivity index (χ1n) is 6.50. The van der Waals surface area contributed by atoms with Crippen molar-refractivity contribution < 1.29 is 19.4 Å². The second-order valence-corrected chi connectivity index (χ2v) is 5.35. The molecule has 1 saturated heterocycles. The van der Waals surface area contributed by atoms with E-state index in [1.54, 1.807) is 11.4 Å². The third kappa shape index (κ3) is 3.61. The van der Waals surface area contributed by atoms with Gasteiger partial charge in [0.05, 0.1) is 19.8 Å². The fourth-order valence-electron chi connectivity index (χ4n) is 2.00. The van der Waals surface area contributed by atoms with Gasteiger partial charge in [0.15, 0.2) is 0 Å². The molecule has 2 heterocycles. The van der Waals surface area contributed by atoms with E-state index in [1.165, 1.54) is 16.2 Å². The maximum absolute atomic E-state index is 12.6. The molecule has 6 nitrogen and oxygen atoms in total. The zero-order chi connectivity index (χ0) is 15.2. The number of morpholine rings is 1. The quantitative estimate of drug-likeness (QED) is 0.757. The Bertz CT molecular complexity index is 587. The highest BCUT2D eigenvalue weighted by molar-refractivity contribution is 7.12. The summed E-state index contributed by atoms with van der Waals surface area (Å²) in [7, 11) is 0. The van der Waals surface area contributed by atoms with Gasteiger partial charge in [0.1, 0.15) is 10.9 Å². The molecular formula is C14H16N2O4S. The fourth-order valence-corrected chi connectivity index (χ4v) is 2.80. The van der Waals surface area contributed by atoms with Crippen molar-refractivity contribution in [1.29, 1.82) is 0 Å². The number of aliphatic hydroxyl groups excluding tert-OH is 1. The maximum atomic E-state index is 12.6. The van der Waals surface area contributed by atoms with E-state index in [2.05, 4.69) is 11.8 Å². The van der Waals surface area contributed by atoms with Crippen LogP contribution in [0.15, 0.2) is 11.4 Å². The van der Waals surface area contributed by atoms with Crippen LogP contribution in [0.5, 0.6) is 0 Å². The SMILES string of the molecule is NC(=O)C1COCCN1C(=O)c1sccc1C#CCCO. The molecule has 7 heteroatoms. The van der Waals surface area contributed by atoms with Gasteiger partial charge in [0.2, 0.25) is 5.91 Å². The van der Waals surface area contributed by atoms with E-state index in [-0.39, 0.29) is 19.1 Å². The van der Waals surface area contributed by atoms with Gasteiger partial charge >= 0.3 is 0 Å². The van der Waals surface area contributed by atoms with Crippen LogP contribution >= 0.6 is 11.3 Å². The van der Waals surface area contributed by atoms with Crippen LogP contribution in [0.4, 0.5) is 0 Å². The molecule has 1 unspecified atom stereocenters. The number of hydrogen-bond donors (Lipinski definition) is 2. The van der Waals surface area contributed by atoms with E-state index in [4.69, 9.17) is 15.6 Å². The highest BCUT2D eigenvalue weighted by atomic mass is 32.1. The molecule has 1 atom stereocenters. The Balaban J connectivity index is 2.21.